The van der Waals surface area contributed by atoms with Crippen molar-refractivity contribution in [3.05, 3.63) is 53.2 Å². The Kier molecular flexibility index (Phi) is 3.53. The first-order valence-electron chi connectivity index (χ1n) is 7.97. The number of rotatable bonds is 3. The third-order valence-corrected chi connectivity index (χ3v) is 4.66. The van der Waals surface area contributed by atoms with Crippen LogP contribution in [0.5, 0.6) is 17.2 Å². The van der Waals surface area contributed by atoms with Gasteiger partial charge < -0.3 is 24.9 Å². The molecule has 128 valence electrons. The zero-order valence-corrected chi connectivity index (χ0v) is 13.9. The lowest BCUT2D eigenvalue weighted by molar-refractivity contribution is 0.0938. The van der Waals surface area contributed by atoms with Gasteiger partial charge in [-0.15, -0.1) is 0 Å². The van der Waals surface area contributed by atoms with E-state index in [0.717, 1.165) is 22.0 Å². The van der Waals surface area contributed by atoms with E-state index in [1.807, 2.05) is 18.2 Å². The maximum absolute atomic E-state index is 12.4. The average molecular weight is 338 g/mol. The van der Waals surface area contributed by atoms with Crippen LogP contribution in [0.25, 0.3) is 10.9 Å². The first-order valence-corrected chi connectivity index (χ1v) is 7.97. The number of aromatic nitrogens is 1. The highest BCUT2D eigenvalue weighted by atomic mass is 16.5. The van der Waals surface area contributed by atoms with E-state index in [1.165, 1.54) is 0 Å². The standard InChI is InChI=1S/C19H18N2O4/c1-24-15-7-12-14(8-16(15)25-2)21-18-17(12)13(9-20-19(18)23)10-4-3-5-11(22)6-10/h3-8,13,21-22H,9H2,1-2H3,(H,20,23). The van der Waals surface area contributed by atoms with E-state index in [-0.39, 0.29) is 17.6 Å². The van der Waals surface area contributed by atoms with Crippen LogP contribution in [0.3, 0.4) is 0 Å². The van der Waals surface area contributed by atoms with Crippen LogP contribution in [0.4, 0.5) is 0 Å². The fraction of sp³-hybridized carbons (Fsp3) is 0.211. The number of nitrogens with one attached hydrogen (secondary N) is 2. The van der Waals surface area contributed by atoms with Crippen molar-refractivity contribution < 1.29 is 19.4 Å². The van der Waals surface area contributed by atoms with Crippen molar-refractivity contribution in [2.75, 3.05) is 20.8 Å². The Bertz CT molecular complexity index is 977. The van der Waals surface area contributed by atoms with Crippen molar-refractivity contribution in [2.45, 2.75) is 5.92 Å². The van der Waals surface area contributed by atoms with Gasteiger partial charge in [-0.25, -0.2) is 0 Å². The number of methoxy groups -OCH3 is 2. The van der Waals surface area contributed by atoms with E-state index in [9.17, 15) is 9.90 Å². The van der Waals surface area contributed by atoms with Gasteiger partial charge in [0.2, 0.25) is 0 Å². The summed E-state index contributed by atoms with van der Waals surface area (Å²) in [6.45, 7) is 0.469. The number of phenols is 1. The second-order valence-electron chi connectivity index (χ2n) is 6.02. The minimum Gasteiger partial charge on any atom is -0.508 e. The monoisotopic (exact) mass is 338 g/mol. The maximum Gasteiger partial charge on any atom is 0.268 e. The largest absolute Gasteiger partial charge is 0.508 e. The van der Waals surface area contributed by atoms with Gasteiger partial charge >= 0.3 is 0 Å². The Morgan fingerprint density at radius 3 is 2.60 bits per heavy atom. The lowest BCUT2D eigenvalue weighted by Crippen LogP contribution is -2.35. The molecule has 1 atom stereocenters. The molecule has 0 fully saturated rings. The lowest BCUT2D eigenvalue weighted by Gasteiger charge is -2.24. The van der Waals surface area contributed by atoms with E-state index < -0.39 is 0 Å². The number of H-pyrrole nitrogens is 1. The average Bonchev–Trinajstić information content (AvgIpc) is 3.00. The van der Waals surface area contributed by atoms with Crippen molar-refractivity contribution in [3.63, 3.8) is 0 Å². The number of hydrogen-bond acceptors (Lipinski definition) is 4. The Balaban J connectivity index is 1.97. The molecule has 0 bridgehead atoms. The van der Waals surface area contributed by atoms with Gasteiger partial charge in [0.1, 0.15) is 11.4 Å². The molecule has 0 radical (unpaired) electrons. The molecule has 1 aliphatic heterocycles. The van der Waals surface area contributed by atoms with Gasteiger partial charge in [0.25, 0.3) is 5.91 Å². The highest BCUT2D eigenvalue weighted by Crippen LogP contribution is 2.40. The quantitative estimate of drug-likeness (QED) is 0.686. The lowest BCUT2D eigenvalue weighted by atomic mass is 9.86. The SMILES string of the molecule is COc1cc2[nH]c3c(c2cc1OC)C(c1cccc(O)c1)CNC3=O. The van der Waals surface area contributed by atoms with Gasteiger partial charge in [0.05, 0.1) is 19.7 Å². The second-order valence-corrected chi connectivity index (χ2v) is 6.02. The molecule has 2 heterocycles. The molecule has 1 amide bonds. The highest BCUT2D eigenvalue weighted by molar-refractivity contribution is 6.03. The summed E-state index contributed by atoms with van der Waals surface area (Å²) in [6, 6.07) is 10.8. The van der Waals surface area contributed by atoms with Crippen molar-refractivity contribution in [1.29, 1.82) is 0 Å². The molecular weight excluding hydrogens is 320 g/mol. The Morgan fingerprint density at radius 1 is 1.12 bits per heavy atom. The molecule has 1 aliphatic rings. The van der Waals surface area contributed by atoms with Crippen LogP contribution in [0.2, 0.25) is 0 Å². The maximum atomic E-state index is 12.4. The molecule has 6 heteroatoms. The van der Waals surface area contributed by atoms with Crippen molar-refractivity contribution in [2.24, 2.45) is 0 Å². The predicted molar refractivity (Wildman–Crippen MR) is 93.7 cm³/mol. The molecule has 0 spiro atoms. The summed E-state index contributed by atoms with van der Waals surface area (Å²) in [5.41, 5.74) is 3.19. The molecule has 1 unspecified atom stereocenters. The Morgan fingerprint density at radius 2 is 1.88 bits per heavy atom. The van der Waals surface area contributed by atoms with Gasteiger partial charge in [-0.3, -0.25) is 4.79 Å². The Hall–Kier alpha value is -3.15. The van der Waals surface area contributed by atoms with Gasteiger partial charge in [-0.1, -0.05) is 12.1 Å². The molecule has 4 rings (SSSR count). The van der Waals surface area contributed by atoms with Crippen molar-refractivity contribution in [1.82, 2.24) is 10.3 Å². The van der Waals surface area contributed by atoms with E-state index >= 15 is 0 Å². The molecule has 0 aliphatic carbocycles. The summed E-state index contributed by atoms with van der Waals surface area (Å²) in [6.07, 6.45) is 0. The van der Waals surface area contributed by atoms with Crippen LogP contribution < -0.4 is 14.8 Å². The summed E-state index contributed by atoms with van der Waals surface area (Å²) in [4.78, 5) is 15.5. The minimum absolute atomic E-state index is 0.0633. The number of carbonyl (C=O) groups excluding carboxylic acids is 1. The molecule has 25 heavy (non-hydrogen) atoms. The zero-order valence-electron chi connectivity index (χ0n) is 13.9. The topological polar surface area (TPSA) is 83.6 Å². The van der Waals surface area contributed by atoms with Crippen molar-refractivity contribution >= 4 is 16.8 Å². The van der Waals surface area contributed by atoms with Crippen LogP contribution in [0.15, 0.2) is 36.4 Å². The summed E-state index contributed by atoms with van der Waals surface area (Å²) < 4.78 is 10.8. The van der Waals surface area contributed by atoms with E-state index in [2.05, 4.69) is 10.3 Å². The summed E-state index contributed by atoms with van der Waals surface area (Å²) in [7, 11) is 3.16. The Labute approximate surface area is 144 Å². The van der Waals surface area contributed by atoms with Crippen LogP contribution >= 0.6 is 0 Å². The molecule has 0 saturated heterocycles. The van der Waals surface area contributed by atoms with Crippen LogP contribution in [-0.4, -0.2) is 36.8 Å². The molecule has 2 aromatic carbocycles. The van der Waals surface area contributed by atoms with E-state index in [1.54, 1.807) is 32.4 Å². The van der Waals surface area contributed by atoms with E-state index in [0.29, 0.717) is 23.7 Å². The van der Waals surface area contributed by atoms with Crippen molar-refractivity contribution in [3.8, 4) is 17.2 Å². The third-order valence-electron chi connectivity index (χ3n) is 4.66. The number of amides is 1. The number of ether oxygens (including phenoxy) is 2. The fourth-order valence-corrected chi connectivity index (χ4v) is 3.49. The number of aromatic amines is 1. The second kappa shape index (κ2) is 5.73. The normalized spacial score (nSPS) is 16.4. The highest BCUT2D eigenvalue weighted by Gasteiger charge is 2.31. The first kappa shape index (κ1) is 15.4. The number of fused-ring (bicyclic) bond motifs is 3. The minimum atomic E-state index is -0.138. The number of aromatic hydroxyl groups is 1. The third kappa shape index (κ3) is 2.38. The van der Waals surface area contributed by atoms with Gasteiger partial charge in [0, 0.05) is 23.9 Å². The van der Waals surface area contributed by atoms with Crippen LogP contribution in [0, 0.1) is 0 Å². The van der Waals surface area contributed by atoms with Gasteiger partial charge in [-0.2, -0.15) is 0 Å². The summed E-state index contributed by atoms with van der Waals surface area (Å²) >= 11 is 0. The number of benzene rings is 2. The van der Waals surface area contributed by atoms with Crippen LogP contribution in [-0.2, 0) is 0 Å². The first-order chi connectivity index (χ1) is 12.1. The molecule has 3 N–H and O–H groups in total. The van der Waals surface area contributed by atoms with Gasteiger partial charge in [0.15, 0.2) is 11.5 Å². The molecular formula is C19H18N2O4. The number of hydrogen-bond donors (Lipinski definition) is 3. The van der Waals surface area contributed by atoms with Gasteiger partial charge in [-0.05, 0) is 29.3 Å². The zero-order chi connectivity index (χ0) is 17.6. The number of phenolic OH excluding ortho intramolecular Hbond substituents is 1. The summed E-state index contributed by atoms with van der Waals surface area (Å²) in [5, 5.41) is 13.6. The fourth-order valence-electron chi connectivity index (χ4n) is 3.49. The molecule has 3 aromatic rings. The molecule has 1 aromatic heterocycles. The van der Waals surface area contributed by atoms with Crippen LogP contribution in [0.1, 0.15) is 27.5 Å². The number of carbonyl (C=O) groups is 1. The predicted octanol–water partition coefficient (Wildman–Crippen LogP) is 2.77. The van der Waals surface area contributed by atoms with E-state index in [4.69, 9.17) is 9.47 Å². The summed E-state index contributed by atoms with van der Waals surface area (Å²) in [5.74, 6) is 1.21. The molecule has 6 nitrogen and oxygen atoms in total. The smallest absolute Gasteiger partial charge is 0.268 e. The molecule has 0 saturated carbocycles.